The van der Waals surface area contributed by atoms with Crippen LogP contribution in [-0.4, -0.2) is 93.6 Å². The number of ether oxygens (including phenoxy) is 2. The van der Waals surface area contributed by atoms with Gasteiger partial charge in [-0.3, -0.25) is 9.59 Å². The Hall–Kier alpha value is -2.29. The number of amides is 2. The first-order valence-electron chi connectivity index (χ1n) is 16.0. The molecule has 1 rings (SSSR count). The van der Waals surface area contributed by atoms with E-state index in [1.807, 2.05) is 46.9 Å². The standard InChI is InChI=1S/C20H34N2O2.C15H29NO3/c1-7-10-17(11-8-2)15(3)14-21-20(23)16(4)19(24-6)18-12-9-13-22(18)5;1-7-12(4)15(13(19-6)8-9-17)16(5)14(18)10-11(2)3/h7-8,10-11,15-16,18-19H,1,9,12-14H2,2-6H3,(H,21,23);9,11-13,15H,7-8,10H2,1-6H3/b11-8-,17-10+;. The van der Waals surface area contributed by atoms with Crippen LogP contribution in [0.3, 0.4) is 0 Å². The van der Waals surface area contributed by atoms with Crippen molar-refractivity contribution < 1.29 is 23.9 Å². The van der Waals surface area contributed by atoms with Crippen LogP contribution in [0.2, 0.25) is 0 Å². The van der Waals surface area contributed by atoms with Gasteiger partial charge in [0, 0.05) is 46.7 Å². The first-order chi connectivity index (χ1) is 20.3. The average Bonchev–Trinajstić information content (AvgIpc) is 3.40. The Bertz CT molecular complexity index is 887. The Balaban J connectivity index is 0.000000846. The van der Waals surface area contributed by atoms with E-state index in [1.165, 1.54) is 12.0 Å². The number of likely N-dealkylation sites (N-methyl/N-ethyl adjacent to an activating group) is 2. The number of carbonyl (C=O) groups excluding carboxylic acids is 3. The number of aldehydes is 1. The minimum atomic E-state index is -0.228. The Morgan fingerprint density at radius 1 is 1.14 bits per heavy atom. The van der Waals surface area contributed by atoms with Crippen molar-refractivity contribution in [3.8, 4) is 0 Å². The fourth-order valence-corrected chi connectivity index (χ4v) is 5.81. The van der Waals surface area contributed by atoms with E-state index in [2.05, 4.69) is 50.7 Å². The monoisotopic (exact) mass is 605 g/mol. The maximum atomic E-state index is 12.6. The molecule has 7 atom stereocenters. The van der Waals surface area contributed by atoms with Gasteiger partial charge in [0.1, 0.15) is 6.29 Å². The van der Waals surface area contributed by atoms with Crippen LogP contribution in [0.4, 0.5) is 0 Å². The molecule has 0 aliphatic carbocycles. The van der Waals surface area contributed by atoms with Crippen molar-refractivity contribution in [2.75, 3.05) is 41.4 Å². The van der Waals surface area contributed by atoms with E-state index in [-0.39, 0.29) is 41.9 Å². The summed E-state index contributed by atoms with van der Waals surface area (Å²) in [7, 11) is 7.24. The summed E-state index contributed by atoms with van der Waals surface area (Å²) in [6, 6.07) is 0.277. The van der Waals surface area contributed by atoms with E-state index < -0.39 is 0 Å². The van der Waals surface area contributed by atoms with Gasteiger partial charge in [0.2, 0.25) is 11.8 Å². The topological polar surface area (TPSA) is 88.2 Å². The summed E-state index contributed by atoms with van der Waals surface area (Å²) < 4.78 is 11.1. The molecule has 1 fully saturated rings. The van der Waals surface area contributed by atoms with Gasteiger partial charge < -0.3 is 29.4 Å². The Kier molecular flexibility index (Phi) is 21.1. The second-order valence-corrected chi connectivity index (χ2v) is 12.4. The highest BCUT2D eigenvalue weighted by Crippen LogP contribution is 2.25. The number of allylic oxidation sites excluding steroid dienone is 4. The largest absolute Gasteiger partial charge is 0.379 e. The number of hydrogen-bond donors (Lipinski definition) is 1. The van der Waals surface area contributed by atoms with Gasteiger partial charge in [-0.25, -0.2) is 0 Å². The molecule has 0 aromatic carbocycles. The lowest BCUT2D eigenvalue weighted by atomic mass is 9.91. The highest BCUT2D eigenvalue weighted by Gasteiger charge is 2.36. The van der Waals surface area contributed by atoms with Crippen LogP contribution in [0.1, 0.15) is 80.6 Å². The summed E-state index contributed by atoms with van der Waals surface area (Å²) in [5.41, 5.74) is 1.17. The molecule has 8 nitrogen and oxygen atoms in total. The predicted octanol–water partition coefficient (Wildman–Crippen LogP) is 5.68. The number of methoxy groups -OCH3 is 2. The van der Waals surface area contributed by atoms with Crippen LogP contribution in [0.15, 0.2) is 36.5 Å². The molecule has 1 aliphatic heterocycles. The number of nitrogens with one attached hydrogen (secondary N) is 1. The van der Waals surface area contributed by atoms with Crippen molar-refractivity contribution in [1.82, 2.24) is 15.1 Å². The highest BCUT2D eigenvalue weighted by atomic mass is 16.5. The number of nitrogens with zero attached hydrogens (tertiary/aromatic N) is 2. The van der Waals surface area contributed by atoms with E-state index in [0.29, 0.717) is 37.3 Å². The van der Waals surface area contributed by atoms with Gasteiger partial charge in [-0.2, -0.15) is 0 Å². The molecule has 0 bridgehead atoms. The van der Waals surface area contributed by atoms with Gasteiger partial charge in [0.25, 0.3) is 0 Å². The number of carbonyl (C=O) groups is 3. The molecule has 0 aromatic rings. The molecule has 1 heterocycles. The molecule has 248 valence electrons. The van der Waals surface area contributed by atoms with Crippen LogP contribution in [0.25, 0.3) is 0 Å². The van der Waals surface area contributed by atoms with E-state index >= 15 is 0 Å². The normalized spacial score (nSPS) is 20.0. The fraction of sp³-hybridized carbons (Fsp3) is 0.743. The highest BCUT2D eigenvalue weighted by molar-refractivity contribution is 5.79. The lowest BCUT2D eigenvalue weighted by molar-refractivity contribution is -0.138. The first-order valence-corrected chi connectivity index (χ1v) is 16.0. The van der Waals surface area contributed by atoms with Gasteiger partial charge in [-0.1, -0.05) is 78.8 Å². The molecule has 1 aliphatic rings. The third kappa shape index (κ3) is 13.9. The Labute approximate surface area is 263 Å². The third-order valence-corrected chi connectivity index (χ3v) is 8.62. The second-order valence-electron chi connectivity index (χ2n) is 12.4. The molecule has 8 heteroatoms. The molecule has 1 saturated heterocycles. The number of rotatable bonds is 18. The van der Waals surface area contributed by atoms with Crippen LogP contribution in [0, 0.1) is 23.7 Å². The summed E-state index contributed by atoms with van der Waals surface area (Å²) in [5, 5.41) is 3.09. The molecule has 0 saturated carbocycles. The van der Waals surface area contributed by atoms with E-state index in [9.17, 15) is 14.4 Å². The second kappa shape index (κ2) is 22.3. The van der Waals surface area contributed by atoms with Crippen molar-refractivity contribution in [2.24, 2.45) is 23.7 Å². The predicted molar refractivity (Wildman–Crippen MR) is 178 cm³/mol. The molecule has 43 heavy (non-hydrogen) atoms. The molecule has 2 amide bonds. The molecule has 0 radical (unpaired) electrons. The maximum absolute atomic E-state index is 12.6. The summed E-state index contributed by atoms with van der Waals surface area (Å²) in [5.74, 6) is 0.887. The van der Waals surface area contributed by atoms with E-state index in [4.69, 9.17) is 9.47 Å². The minimum Gasteiger partial charge on any atom is -0.379 e. The number of likely N-dealkylation sites (tertiary alicyclic amines) is 1. The summed E-state index contributed by atoms with van der Waals surface area (Å²) in [6.45, 7) is 19.8. The fourth-order valence-electron chi connectivity index (χ4n) is 5.81. The van der Waals surface area contributed by atoms with Gasteiger partial charge >= 0.3 is 0 Å². The van der Waals surface area contributed by atoms with Crippen molar-refractivity contribution in [2.45, 2.75) is 105 Å². The molecular weight excluding hydrogens is 542 g/mol. The smallest absolute Gasteiger partial charge is 0.225 e. The average molecular weight is 606 g/mol. The zero-order valence-electron chi connectivity index (χ0n) is 29.1. The van der Waals surface area contributed by atoms with Crippen LogP contribution in [-0.2, 0) is 23.9 Å². The van der Waals surface area contributed by atoms with Gasteiger partial charge in [0.15, 0.2) is 0 Å². The van der Waals surface area contributed by atoms with Crippen molar-refractivity contribution in [1.29, 1.82) is 0 Å². The molecule has 1 N–H and O–H groups in total. The van der Waals surface area contributed by atoms with Gasteiger partial charge in [0.05, 0.1) is 24.2 Å². The zero-order chi connectivity index (χ0) is 33.1. The lowest BCUT2D eigenvalue weighted by Gasteiger charge is -2.37. The van der Waals surface area contributed by atoms with Gasteiger partial charge in [-0.15, -0.1) is 0 Å². The van der Waals surface area contributed by atoms with E-state index in [1.54, 1.807) is 25.2 Å². The number of hydrogen-bond acceptors (Lipinski definition) is 6. The summed E-state index contributed by atoms with van der Waals surface area (Å²) in [4.78, 5) is 39.7. The summed E-state index contributed by atoms with van der Waals surface area (Å²) in [6.07, 6.45) is 12.5. The SMILES string of the molecule is C=C/C=C(\C=C/C)C(C)CNC(=O)C(C)C(OC)C1CCCN1C.CCC(C)C(C(CC=O)OC)N(C)C(=O)CC(C)C. The summed E-state index contributed by atoms with van der Waals surface area (Å²) >= 11 is 0. The third-order valence-electron chi connectivity index (χ3n) is 8.62. The van der Waals surface area contributed by atoms with Gasteiger partial charge in [-0.05, 0) is 56.7 Å². The molecule has 0 spiro atoms. The molecule has 0 aromatic heterocycles. The maximum Gasteiger partial charge on any atom is 0.225 e. The first kappa shape index (κ1) is 40.7. The minimum absolute atomic E-state index is 0.0496. The van der Waals surface area contributed by atoms with E-state index in [0.717, 1.165) is 25.7 Å². The van der Waals surface area contributed by atoms with Crippen molar-refractivity contribution >= 4 is 18.1 Å². The Morgan fingerprint density at radius 2 is 1.79 bits per heavy atom. The zero-order valence-corrected chi connectivity index (χ0v) is 29.1. The van der Waals surface area contributed by atoms with Crippen LogP contribution < -0.4 is 5.32 Å². The van der Waals surface area contributed by atoms with Crippen LogP contribution >= 0.6 is 0 Å². The van der Waals surface area contributed by atoms with Crippen LogP contribution in [0.5, 0.6) is 0 Å². The van der Waals surface area contributed by atoms with Crippen molar-refractivity contribution in [3.05, 3.63) is 36.5 Å². The lowest BCUT2D eigenvalue weighted by Crippen LogP contribution is -2.49. The quantitative estimate of drug-likeness (QED) is 0.160. The Morgan fingerprint density at radius 3 is 2.23 bits per heavy atom. The molecular formula is C35H63N3O5. The van der Waals surface area contributed by atoms with Crippen molar-refractivity contribution in [3.63, 3.8) is 0 Å². The molecule has 7 unspecified atom stereocenters.